The Hall–Kier alpha value is -0.830. The first-order chi connectivity index (χ1) is 6.86. The number of hydrogen-bond acceptors (Lipinski definition) is 3. The van der Waals surface area contributed by atoms with Crippen molar-refractivity contribution in [2.45, 2.75) is 31.6 Å². The fourth-order valence-electron chi connectivity index (χ4n) is 2.85. The Bertz CT molecular complexity index is 341. The lowest BCUT2D eigenvalue weighted by atomic mass is 9.76. The summed E-state index contributed by atoms with van der Waals surface area (Å²) >= 11 is 0. The van der Waals surface area contributed by atoms with Crippen molar-refractivity contribution >= 4 is 0 Å². The predicted molar refractivity (Wildman–Crippen MR) is 53.2 cm³/mol. The van der Waals surface area contributed by atoms with Crippen LogP contribution in [0.5, 0.6) is 0 Å². The van der Waals surface area contributed by atoms with E-state index in [-0.39, 0.29) is 0 Å². The Morgan fingerprint density at radius 3 is 3.14 bits per heavy atom. The molecule has 1 aromatic rings. The van der Waals surface area contributed by atoms with Crippen molar-refractivity contribution < 1.29 is 4.52 Å². The lowest BCUT2D eigenvalue weighted by Crippen LogP contribution is -2.29. The Labute approximate surface area is 83.9 Å². The van der Waals surface area contributed by atoms with Crippen LogP contribution in [-0.2, 0) is 6.42 Å². The Morgan fingerprint density at radius 2 is 2.43 bits per heavy atom. The molecule has 0 saturated heterocycles. The smallest absolute Gasteiger partial charge is 0.144 e. The largest absolute Gasteiger partial charge is 0.361 e. The molecule has 76 valence electrons. The molecule has 0 bridgehead atoms. The zero-order valence-corrected chi connectivity index (χ0v) is 8.55. The average molecular weight is 192 g/mol. The van der Waals surface area contributed by atoms with Crippen LogP contribution in [0.1, 0.15) is 36.5 Å². The molecule has 1 fully saturated rings. The second-order valence-corrected chi connectivity index (χ2v) is 4.69. The second-order valence-electron chi connectivity index (χ2n) is 4.69. The first kappa shape index (κ1) is 8.48. The first-order valence-electron chi connectivity index (χ1n) is 5.44. The molecule has 3 heteroatoms. The highest BCUT2D eigenvalue weighted by atomic mass is 16.5. The summed E-state index contributed by atoms with van der Waals surface area (Å²) in [5.41, 5.74) is 1.90. The van der Waals surface area contributed by atoms with E-state index >= 15 is 0 Å². The molecule has 1 N–H and O–H groups in total. The van der Waals surface area contributed by atoms with Crippen molar-refractivity contribution in [2.24, 2.45) is 5.41 Å². The molecule has 3 rings (SSSR count). The summed E-state index contributed by atoms with van der Waals surface area (Å²) in [5, 5.41) is 7.20. The van der Waals surface area contributed by atoms with Gasteiger partial charge in [0.05, 0.1) is 6.20 Å². The van der Waals surface area contributed by atoms with E-state index in [0.29, 0.717) is 11.3 Å². The Balaban J connectivity index is 1.97. The van der Waals surface area contributed by atoms with E-state index in [9.17, 15) is 0 Å². The van der Waals surface area contributed by atoms with Gasteiger partial charge in [-0.3, -0.25) is 0 Å². The van der Waals surface area contributed by atoms with Crippen LogP contribution < -0.4 is 5.32 Å². The number of nitrogens with zero attached hydrogens (tertiary/aromatic N) is 1. The van der Waals surface area contributed by atoms with Crippen LogP contribution in [0.3, 0.4) is 0 Å². The maximum absolute atomic E-state index is 5.41. The van der Waals surface area contributed by atoms with E-state index in [2.05, 4.69) is 10.5 Å². The molecular weight excluding hydrogens is 176 g/mol. The van der Waals surface area contributed by atoms with Crippen LogP contribution in [0.15, 0.2) is 10.7 Å². The van der Waals surface area contributed by atoms with E-state index < -0.39 is 0 Å². The molecule has 0 amide bonds. The minimum absolute atomic E-state index is 0.565. The maximum Gasteiger partial charge on any atom is 0.144 e. The van der Waals surface area contributed by atoms with Gasteiger partial charge in [0.25, 0.3) is 0 Å². The molecule has 1 aromatic heterocycles. The minimum Gasteiger partial charge on any atom is -0.361 e. The minimum atomic E-state index is 0.565. The van der Waals surface area contributed by atoms with Crippen LogP contribution in [0.25, 0.3) is 0 Å². The Morgan fingerprint density at radius 1 is 1.57 bits per heavy atom. The van der Waals surface area contributed by atoms with Crippen molar-refractivity contribution in [3.05, 3.63) is 17.5 Å². The standard InChI is InChI=1S/C11H16N2O/c1-12-7-9-10-8(6-13-14-10)2-3-11(9)4-5-11/h6,9,12H,2-5,7H2,1H3. The second kappa shape index (κ2) is 2.83. The molecule has 0 aliphatic heterocycles. The van der Waals surface area contributed by atoms with Gasteiger partial charge in [-0.1, -0.05) is 5.16 Å². The summed E-state index contributed by atoms with van der Waals surface area (Å²) in [7, 11) is 2.01. The van der Waals surface area contributed by atoms with Gasteiger partial charge in [0.2, 0.25) is 0 Å². The highest BCUT2D eigenvalue weighted by Gasteiger charge is 2.53. The zero-order valence-electron chi connectivity index (χ0n) is 8.55. The summed E-state index contributed by atoms with van der Waals surface area (Å²) in [5.74, 6) is 1.72. The molecule has 1 spiro atoms. The third kappa shape index (κ3) is 1.05. The van der Waals surface area contributed by atoms with E-state index in [1.54, 1.807) is 0 Å². The summed E-state index contributed by atoms with van der Waals surface area (Å²) in [6, 6.07) is 0. The number of rotatable bonds is 2. The lowest BCUT2D eigenvalue weighted by Gasteiger charge is -2.29. The molecule has 1 heterocycles. The average Bonchev–Trinajstić information content (AvgIpc) is 2.79. The molecule has 2 aliphatic rings. The van der Waals surface area contributed by atoms with Gasteiger partial charge in [-0.2, -0.15) is 0 Å². The third-order valence-corrected chi connectivity index (χ3v) is 3.92. The van der Waals surface area contributed by atoms with Gasteiger partial charge in [0.15, 0.2) is 0 Å². The van der Waals surface area contributed by atoms with Gasteiger partial charge in [-0.25, -0.2) is 0 Å². The SMILES string of the molecule is CNCC1c2oncc2CCC12CC2. The highest BCUT2D eigenvalue weighted by molar-refractivity contribution is 5.28. The van der Waals surface area contributed by atoms with Crippen LogP contribution in [0.4, 0.5) is 0 Å². The molecule has 1 atom stereocenters. The quantitative estimate of drug-likeness (QED) is 0.775. The zero-order chi connectivity index (χ0) is 9.60. The van der Waals surface area contributed by atoms with Crippen molar-refractivity contribution in [1.29, 1.82) is 0 Å². The van der Waals surface area contributed by atoms with E-state index in [0.717, 1.165) is 12.3 Å². The number of fused-ring (bicyclic) bond motifs is 1. The Kier molecular flexibility index (Phi) is 1.71. The predicted octanol–water partition coefficient (Wildman–Crippen LogP) is 1.70. The molecule has 1 unspecified atom stereocenters. The van der Waals surface area contributed by atoms with Crippen LogP contribution in [0, 0.1) is 5.41 Å². The van der Waals surface area contributed by atoms with Gasteiger partial charge >= 0.3 is 0 Å². The van der Waals surface area contributed by atoms with E-state index in [1.165, 1.54) is 31.2 Å². The van der Waals surface area contributed by atoms with Gasteiger partial charge in [0.1, 0.15) is 5.76 Å². The fourth-order valence-corrected chi connectivity index (χ4v) is 2.85. The summed E-state index contributed by atoms with van der Waals surface area (Å²) in [6.45, 7) is 1.03. The van der Waals surface area contributed by atoms with Crippen LogP contribution in [-0.4, -0.2) is 18.7 Å². The van der Waals surface area contributed by atoms with Crippen molar-refractivity contribution in [1.82, 2.24) is 10.5 Å². The molecule has 14 heavy (non-hydrogen) atoms. The first-order valence-corrected chi connectivity index (χ1v) is 5.44. The summed E-state index contributed by atoms with van der Waals surface area (Å²) < 4.78 is 5.41. The molecule has 2 aliphatic carbocycles. The topological polar surface area (TPSA) is 38.1 Å². The number of nitrogens with one attached hydrogen (secondary N) is 1. The fraction of sp³-hybridized carbons (Fsp3) is 0.727. The van der Waals surface area contributed by atoms with Gasteiger partial charge in [-0.05, 0) is 38.1 Å². The molecule has 3 nitrogen and oxygen atoms in total. The molecule has 0 radical (unpaired) electrons. The normalized spacial score (nSPS) is 27.6. The molecular formula is C11H16N2O. The van der Waals surface area contributed by atoms with E-state index in [1.807, 2.05) is 13.2 Å². The molecule has 0 aromatic carbocycles. The maximum atomic E-state index is 5.41. The summed E-state index contributed by atoms with van der Waals surface area (Å²) in [4.78, 5) is 0. The van der Waals surface area contributed by atoms with Crippen LogP contribution >= 0.6 is 0 Å². The van der Waals surface area contributed by atoms with Gasteiger partial charge in [0, 0.05) is 18.0 Å². The molecule has 1 saturated carbocycles. The van der Waals surface area contributed by atoms with Gasteiger partial charge < -0.3 is 9.84 Å². The highest BCUT2D eigenvalue weighted by Crippen LogP contribution is 2.61. The third-order valence-electron chi connectivity index (χ3n) is 3.92. The van der Waals surface area contributed by atoms with Crippen LogP contribution in [0.2, 0.25) is 0 Å². The lowest BCUT2D eigenvalue weighted by molar-refractivity contribution is 0.263. The monoisotopic (exact) mass is 192 g/mol. The van der Waals surface area contributed by atoms with Crippen molar-refractivity contribution in [3.8, 4) is 0 Å². The number of likely N-dealkylation sites (N-methyl/N-ethyl adjacent to an activating group) is 1. The number of hydrogen-bond donors (Lipinski definition) is 1. The van der Waals surface area contributed by atoms with Crippen molar-refractivity contribution in [2.75, 3.05) is 13.6 Å². The number of aromatic nitrogens is 1. The van der Waals surface area contributed by atoms with E-state index in [4.69, 9.17) is 4.52 Å². The number of aryl methyl sites for hydroxylation is 1. The van der Waals surface area contributed by atoms with Crippen molar-refractivity contribution in [3.63, 3.8) is 0 Å². The summed E-state index contributed by atoms with van der Waals surface area (Å²) in [6.07, 6.45) is 7.14. The van der Waals surface area contributed by atoms with Gasteiger partial charge in [-0.15, -0.1) is 0 Å².